The molecule has 0 aliphatic rings. The zero-order valence-corrected chi connectivity index (χ0v) is 19.8. The van der Waals surface area contributed by atoms with E-state index in [0.29, 0.717) is 15.4 Å². The lowest BCUT2D eigenvalue weighted by atomic mass is 10.1. The number of Topliss-reactive ketones (excluding diaryl/α,β-unsaturated/α-hetero) is 1. The summed E-state index contributed by atoms with van der Waals surface area (Å²) in [6, 6.07) is 7.82. The number of aromatic amines is 1. The normalized spacial score (nSPS) is 10.6. The Morgan fingerprint density at radius 2 is 1.94 bits per heavy atom. The van der Waals surface area contributed by atoms with Crippen molar-refractivity contribution in [2.75, 3.05) is 12.4 Å². The van der Waals surface area contributed by atoms with Crippen LogP contribution in [0.15, 0.2) is 52.2 Å². The van der Waals surface area contributed by atoms with Gasteiger partial charge >= 0.3 is 11.6 Å². The summed E-state index contributed by atoms with van der Waals surface area (Å²) in [5, 5.41) is 9.99. The van der Waals surface area contributed by atoms with E-state index < -0.39 is 22.9 Å². The van der Waals surface area contributed by atoms with Crippen molar-refractivity contribution in [2.24, 2.45) is 0 Å². The number of ether oxygens (including phenoxy) is 1. The average Bonchev–Trinajstić information content (AvgIpc) is 2.72. The third-order valence-corrected chi connectivity index (χ3v) is 6.08. The van der Waals surface area contributed by atoms with Gasteiger partial charge in [0.2, 0.25) is 0 Å². The van der Waals surface area contributed by atoms with Gasteiger partial charge in [-0.15, -0.1) is 0 Å². The number of nitriles is 1. The number of nitrogens with zero attached hydrogens (tertiary/aromatic N) is 1. The van der Waals surface area contributed by atoms with Crippen molar-refractivity contribution in [3.05, 3.63) is 70.7 Å². The number of hydrogen-bond acceptors (Lipinski definition) is 8. The second kappa shape index (κ2) is 9.64. The van der Waals surface area contributed by atoms with Gasteiger partial charge in [-0.05, 0) is 47.1 Å². The Balaban J connectivity index is 1.89. The van der Waals surface area contributed by atoms with Crippen LogP contribution in [0.1, 0.15) is 33.2 Å². The Hall–Kier alpha value is -2.68. The van der Waals surface area contributed by atoms with Crippen LogP contribution in [-0.2, 0) is 4.74 Å². The van der Waals surface area contributed by atoms with E-state index in [2.05, 4.69) is 36.8 Å². The summed E-state index contributed by atoms with van der Waals surface area (Å²) in [5.74, 6) is -1.63. The number of rotatable bonds is 6. The van der Waals surface area contributed by atoms with Gasteiger partial charge in [0.15, 0.2) is 11.4 Å². The third kappa shape index (κ3) is 4.98. The van der Waals surface area contributed by atoms with Crippen molar-refractivity contribution in [1.29, 1.82) is 5.26 Å². The number of thioether (sulfide) groups is 1. The van der Waals surface area contributed by atoms with E-state index in [1.54, 1.807) is 19.1 Å². The highest BCUT2D eigenvalue weighted by Crippen LogP contribution is 2.28. The number of esters is 1. The predicted molar refractivity (Wildman–Crippen MR) is 121 cm³/mol. The Labute approximate surface area is 195 Å². The molecule has 158 valence electrons. The molecule has 2 heterocycles. The van der Waals surface area contributed by atoms with Crippen molar-refractivity contribution in [1.82, 2.24) is 4.98 Å². The number of ketones is 1. The Morgan fingerprint density at radius 3 is 2.61 bits per heavy atom. The first-order chi connectivity index (χ1) is 14.7. The zero-order chi connectivity index (χ0) is 22.7. The minimum Gasteiger partial charge on any atom is -0.462 e. The Bertz CT molecular complexity index is 1370. The summed E-state index contributed by atoms with van der Waals surface area (Å²) in [7, 11) is 0. The van der Waals surface area contributed by atoms with E-state index in [-0.39, 0.29) is 34.1 Å². The van der Waals surface area contributed by atoms with Crippen molar-refractivity contribution in [2.45, 2.75) is 11.9 Å². The maximum Gasteiger partial charge on any atom is 0.347 e. The van der Waals surface area contributed by atoms with Crippen LogP contribution < -0.4 is 11.2 Å². The number of fused-ring (bicyclic) bond motifs is 1. The molecule has 2 aromatic heterocycles. The summed E-state index contributed by atoms with van der Waals surface area (Å²) < 4.78 is 11.3. The van der Waals surface area contributed by atoms with Crippen LogP contribution in [0.2, 0.25) is 0 Å². The number of H-pyrrole nitrogens is 1. The lowest BCUT2D eigenvalue weighted by Gasteiger charge is -2.07. The quantitative estimate of drug-likeness (QED) is 0.204. The molecule has 0 spiro atoms. The van der Waals surface area contributed by atoms with Gasteiger partial charge in [-0.25, -0.2) is 9.59 Å². The van der Waals surface area contributed by atoms with E-state index in [4.69, 9.17) is 9.15 Å². The summed E-state index contributed by atoms with van der Waals surface area (Å²) in [6.45, 7) is 1.67. The molecular formula is C20H12Br2N2O6S. The van der Waals surface area contributed by atoms with E-state index >= 15 is 0 Å². The molecule has 0 aliphatic carbocycles. The van der Waals surface area contributed by atoms with Crippen LogP contribution in [-0.4, -0.2) is 29.1 Å². The van der Waals surface area contributed by atoms with Crippen LogP contribution >= 0.6 is 43.6 Å². The first-order valence-electron chi connectivity index (χ1n) is 8.68. The van der Waals surface area contributed by atoms with Gasteiger partial charge in [-0.2, -0.15) is 5.26 Å². The number of carbonyl (C=O) groups is 2. The van der Waals surface area contributed by atoms with Crippen molar-refractivity contribution in [3.63, 3.8) is 0 Å². The molecule has 0 radical (unpaired) electrons. The highest BCUT2D eigenvalue weighted by molar-refractivity contribution is 9.11. The molecule has 11 heteroatoms. The van der Waals surface area contributed by atoms with Crippen LogP contribution in [0.5, 0.6) is 0 Å². The molecule has 1 N–H and O–H groups in total. The third-order valence-electron chi connectivity index (χ3n) is 4.02. The molecule has 0 fully saturated rings. The molecule has 0 atom stereocenters. The second-order valence-corrected chi connectivity index (χ2v) is 8.81. The molecule has 0 unspecified atom stereocenters. The van der Waals surface area contributed by atoms with Crippen molar-refractivity contribution >= 4 is 66.3 Å². The summed E-state index contributed by atoms with van der Waals surface area (Å²) in [4.78, 5) is 51.3. The molecule has 0 saturated carbocycles. The lowest BCUT2D eigenvalue weighted by Crippen LogP contribution is -2.21. The number of nitrogens with one attached hydrogen (secondary N) is 1. The Morgan fingerprint density at radius 1 is 1.19 bits per heavy atom. The van der Waals surface area contributed by atoms with Gasteiger partial charge in [0, 0.05) is 9.86 Å². The van der Waals surface area contributed by atoms with Gasteiger partial charge in [0.05, 0.1) is 27.4 Å². The van der Waals surface area contributed by atoms with Gasteiger partial charge < -0.3 is 14.1 Å². The SMILES string of the molecule is CCOC(=O)c1cc(C#N)c(SCC(=O)c2cc3cc(Br)cc(Br)c3oc2=O)[nH]c1=O. The minimum absolute atomic E-state index is 0.00106. The van der Waals surface area contributed by atoms with Crippen LogP contribution in [0.4, 0.5) is 0 Å². The van der Waals surface area contributed by atoms with E-state index in [1.165, 1.54) is 6.07 Å². The largest absolute Gasteiger partial charge is 0.462 e. The van der Waals surface area contributed by atoms with Gasteiger partial charge in [-0.3, -0.25) is 9.59 Å². The fourth-order valence-corrected chi connectivity index (χ4v) is 4.83. The number of benzene rings is 1. The zero-order valence-electron chi connectivity index (χ0n) is 15.8. The topological polar surface area (TPSA) is 130 Å². The van der Waals surface area contributed by atoms with E-state index in [9.17, 15) is 24.4 Å². The molecule has 31 heavy (non-hydrogen) atoms. The molecule has 8 nitrogen and oxygen atoms in total. The molecule has 1 aromatic carbocycles. The molecule has 3 rings (SSSR count). The molecule has 0 saturated heterocycles. The van der Waals surface area contributed by atoms with Crippen LogP contribution in [0.25, 0.3) is 11.0 Å². The Kier molecular flexibility index (Phi) is 7.15. The standard InChI is InChI=1S/C20H12Br2N2O6S/c1-2-29-19(27)13-5-10(7-23)18(24-17(13)26)31-8-15(25)12-4-9-3-11(21)6-14(22)16(9)30-20(12)28/h3-6H,2,8H2,1H3,(H,24,26). The van der Waals surface area contributed by atoms with Gasteiger partial charge in [0.1, 0.15) is 17.2 Å². The highest BCUT2D eigenvalue weighted by atomic mass is 79.9. The summed E-state index contributed by atoms with van der Waals surface area (Å²) >= 11 is 7.51. The van der Waals surface area contributed by atoms with E-state index in [1.807, 2.05) is 6.07 Å². The summed E-state index contributed by atoms with van der Waals surface area (Å²) in [6.07, 6.45) is 0. The molecule has 0 aliphatic heterocycles. The maximum absolute atomic E-state index is 12.6. The molecule has 0 amide bonds. The fraction of sp³-hybridized carbons (Fsp3) is 0.150. The van der Waals surface area contributed by atoms with Crippen LogP contribution in [0, 0.1) is 11.3 Å². The number of carbonyl (C=O) groups excluding carboxylic acids is 2. The molecule has 0 bridgehead atoms. The highest BCUT2D eigenvalue weighted by Gasteiger charge is 2.19. The predicted octanol–water partition coefficient (Wildman–Crippen LogP) is 4.03. The van der Waals surface area contributed by atoms with E-state index in [0.717, 1.165) is 22.3 Å². The lowest BCUT2D eigenvalue weighted by molar-refractivity contribution is 0.0524. The first kappa shape index (κ1) is 23.0. The summed E-state index contributed by atoms with van der Waals surface area (Å²) in [5.41, 5.74) is -1.70. The molecular weight excluding hydrogens is 556 g/mol. The number of halogens is 2. The average molecular weight is 568 g/mol. The second-order valence-electron chi connectivity index (χ2n) is 6.05. The smallest absolute Gasteiger partial charge is 0.347 e. The van der Waals surface area contributed by atoms with Crippen LogP contribution in [0.3, 0.4) is 0 Å². The monoisotopic (exact) mass is 566 g/mol. The number of pyridine rings is 1. The fourth-order valence-electron chi connectivity index (χ4n) is 2.64. The number of hydrogen-bond donors (Lipinski definition) is 1. The van der Waals surface area contributed by atoms with Crippen molar-refractivity contribution < 1.29 is 18.7 Å². The maximum atomic E-state index is 12.6. The van der Waals surface area contributed by atoms with Gasteiger partial charge in [-0.1, -0.05) is 27.7 Å². The molecule has 3 aromatic rings. The van der Waals surface area contributed by atoms with Crippen molar-refractivity contribution in [3.8, 4) is 6.07 Å². The first-order valence-corrected chi connectivity index (χ1v) is 11.3. The minimum atomic E-state index is -0.848. The number of aromatic nitrogens is 1. The van der Waals surface area contributed by atoms with Gasteiger partial charge in [0.25, 0.3) is 5.56 Å².